The van der Waals surface area contributed by atoms with Crippen molar-refractivity contribution in [2.24, 2.45) is 5.92 Å². The van der Waals surface area contributed by atoms with E-state index in [0.717, 1.165) is 18.1 Å². The quantitative estimate of drug-likeness (QED) is 0.431. The third-order valence-electron chi connectivity index (χ3n) is 6.04. The standard InChI is InChI=1S/C26H33F3N2O2.ClH/c1-19(2)17-21-7-9-22(10-8-21)20(3)25(32)33-16-15-30-11-13-31(14-12-30)24-6-4-5-23(18-24)26(27,28)29;/h4-10,18-20H,11-17H2,1-3H3;1H/t20-;/m0./s1. The van der Waals surface area contributed by atoms with Crippen LogP contribution in [-0.4, -0.2) is 50.2 Å². The molecular weight excluding hydrogens is 465 g/mol. The van der Waals surface area contributed by atoms with Crippen LogP contribution in [0.1, 0.15) is 43.4 Å². The van der Waals surface area contributed by atoms with Gasteiger partial charge in [-0.3, -0.25) is 9.69 Å². The summed E-state index contributed by atoms with van der Waals surface area (Å²) in [5.74, 6) is 0.0234. The summed E-state index contributed by atoms with van der Waals surface area (Å²) in [5, 5.41) is 0. The fraction of sp³-hybridized carbons (Fsp3) is 0.500. The highest BCUT2D eigenvalue weighted by Gasteiger charge is 2.31. The summed E-state index contributed by atoms with van der Waals surface area (Å²) in [7, 11) is 0. The highest BCUT2D eigenvalue weighted by Crippen LogP contribution is 2.31. The van der Waals surface area contributed by atoms with Gasteiger partial charge >= 0.3 is 12.1 Å². The Morgan fingerprint density at radius 2 is 1.65 bits per heavy atom. The lowest BCUT2D eigenvalue weighted by molar-refractivity contribution is -0.145. The number of esters is 1. The summed E-state index contributed by atoms with van der Waals surface area (Å²) < 4.78 is 44.4. The Bertz CT molecular complexity index is 911. The summed E-state index contributed by atoms with van der Waals surface area (Å²) in [6.45, 7) is 9.82. The number of piperazine rings is 1. The number of ether oxygens (including phenoxy) is 1. The van der Waals surface area contributed by atoms with Crippen LogP contribution in [0, 0.1) is 5.92 Å². The van der Waals surface area contributed by atoms with E-state index in [1.807, 2.05) is 24.0 Å². The van der Waals surface area contributed by atoms with Crippen LogP contribution in [0.4, 0.5) is 18.9 Å². The molecule has 2 aromatic rings. The molecule has 3 rings (SSSR count). The minimum atomic E-state index is -4.34. The van der Waals surface area contributed by atoms with E-state index in [9.17, 15) is 18.0 Å². The summed E-state index contributed by atoms with van der Waals surface area (Å²) in [4.78, 5) is 16.6. The van der Waals surface area contributed by atoms with Crippen LogP contribution < -0.4 is 4.90 Å². The van der Waals surface area contributed by atoms with Gasteiger partial charge in [-0.15, -0.1) is 12.4 Å². The second-order valence-electron chi connectivity index (χ2n) is 9.11. The molecule has 0 N–H and O–H groups in total. The van der Waals surface area contributed by atoms with E-state index in [0.29, 0.717) is 50.9 Å². The van der Waals surface area contributed by atoms with Gasteiger partial charge in [0.1, 0.15) is 6.61 Å². The van der Waals surface area contributed by atoms with E-state index in [4.69, 9.17) is 4.74 Å². The molecule has 0 radical (unpaired) electrons. The van der Waals surface area contributed by atoms with Gasteiger partial charge in [0.25, 0.3) is 0 Å². The van der Waals surface area contributed by atoms with E-state index in [2.05, 4.69) is 30.9 Å². The maximum atomic E-state index is 13.0. The third-order valence-corrected chi connectivity index (χ3v) is 6.04. The number of rotatable bonds is 8. The van der Waals surface area contributed by atoms with Crippen LogP contribution >= 0.6 is 12.4 Å². The summed E-state index contributed by atoms with van der Waals surface area (Å²) in [5.41, 5.74) is 2.17. The predicted molar refractivity (Wildman–Crippen MR) is 132 cm³/mol. The van der Waals surface area contributed by atoms with Gasteiger partial charge in [0.2, 0.25) is 0 Å². The maximum Gasteiger partial charge on any atom is 0.416 e. The second-order valence-corrected chi connectivity index (χ2v) is 9.11. The summed E-state index contributed by atoms with van der Waals surface area (Å²) in [6.07, 6.45) is -3.32. The van der Waals surface area contributed by atoms with Crippen molar-refractivity contribution in [2.75, 3.05) is 44.2 Å². The van der Waals surface area contributed by atoms with Crippen molar-refractivity contribution in [3.63, 3.8) is 0 Å². The lowest BCUT2D eigenvalue weighted by atomic mass is 9.97. The zero-order chi connectivity index (χ0) is 24.0. The van der Waals surface area contributed by atoms with Gasteiger partial charge in [0.15, 0.2) is 0 Å². The van der Waals surface area contributed by atoms with Crippen LogP contribution in [0.15, 0.2) is 48.5 Å². The number of halogens is 4. The molecule has 1 heterocycles. The zero-order valence-corrected chi connectivity index (χ0v) is 20.8. The minimum Gasteiger partial charge on any atom is -0.464 e. The van der Waals surface area contributed by atoms with Crippen molar-refractivity contribution in [3.05, 3.63) is 65.2 Å². The molecule has 1 saturated heterocycles. The first-order valence-corrected chi connectivity index (χ1v) is 11.5. The molecule has 1 atom stereocenters. The monoisotopic (exact) mass is 498 g/mol. The zero-order valence-electron chi connectivity index (χ0n) is 20.0. The average molecular weight is 499 g/mol. The number of anilines is 1. The van der Waals surface area contributed by atoms with Gasteiger partial charge in [-0.1, -0.05) is 44.2 Å². The van der Waals surface area contributed by atoms with Crippen molar-refractivity contribution in [1.82, 2.24) is 4.90 Å². The Hall–Kier alpha value is -2.25. The molecule has 1 aliphatic heterocycles. The molecule has 0 amide bonds. The summed E-state index contributed by atoms with van der Waals surface area (Å²) in [6, 6.07) is 13.6. The molecule has 2 aromatic carbocycles. The lowest BCUT2D eigenvalue weighted by Crippen LogP contribution is -2.47. The van der Waals surface area contributed by atoms with Gasteiger partial charge in [0, 0.05) is 38.4 Å². The first-order valence-electron chi connectivity index (χ1n) is 11.5. The molecule has 1 aliphatic rings. The third kappa shape index (κ3) is 7.91. The number of alkyl halides is 3. The predicted octanol–water partition coefficient (Wildman–Crippen LogP) is 5.79. The van der Waals surface area contributed by atoms with Crippen LogP contribution in [0.5, 0.6) is 0 Å². The fourth-order valence-electron chi connectivity index (χ4n) is 4.06. The molecule has 0 bridgehead atoms. The minimum absolute atomic E-state index is 0. The molecule has 1 fully saturated rings. The van der Waals surface area contributed by atoms with Crippen LogP contribution in [-0.2, 0) is 22.1 Å². The molecular formula is C26H34ClF3N2O2. The molecule has 0 saturated carbocycles. The molecule has 188 valence electrons. The van der Waals surface area contributed by atoms with Crippen molar-refractivity contribution < 1.29 is 22.7 Å². The van der Waals surface area contributed by atoms with E-state index < -0.39 is 11.7 Å². The number of benzene rings is 2. The Kier molecular flexibility index (Phi) is 10.3. The largest absolute Gasteiger partial charge is 0.464 e. The number of carbonyl (C=O) groups is 1. The van der Waals surface area contributed by atoms with E-state index in [1.54, 1.807) is 6.07 Å². The fourth-order valence-corrected chi connectivity index (χ4v) is 4.06. The van der Waals surface area contributed by atoms with Gasteiger partial charge in [-0.05, 0) is 48.6 Å². The van der Waals surface area contributed by atoms with Crippen LogP contribution in [0.3, 0.4) is 0 Å². The first-order chi connectivity index (χ1) is 15.6. The highest BCUT2D eigenvalue weighted by atomic mass is 35.5. The van der Waals surface area contributed by atoms with Gasteiger partial charge in [-0.2, -0.15) is 13.2 Å². The van der Waals surface area contributed by atoms with Crippen molar-refractivity contribution in [1.29, 1.82) is 0 Å². The molecule has 0 unspecified atom stereocenters. The van der Waals surface area contributed by atoms with Crippen molar-refractivity contribution in [3.8, 4) is 0 Å². The Labute approximate surface area is 206 Å². The molecule has 0 spiro atoms. The van der Waals surface area contributed by atoms with E-state index >= 15 is 0 Å². The van der Waals surface area contributed by atoms with Gasteiger partial charge < -0.3 is 9.64 Å². The lowest BCUT2D eigenvalue weighted by Gasteiger charge is -2.36. The molecule has 34 heavy (non-hydrogen) atoms. The summed E-state index contributed by atoms with van der Waals surface area (Å²) >= 11 is 0. The average Bonchev–Trinajstić information content (AvgIpc) is 2.78. The smallest absolute Gasteiger partial charge is 0.416 e. The topological polar surface area (TPSA) is 32.8 Å². The first kappa shape index (κ1) is 28.0. The maximum absolute atomic E-state index is 13.0. The Balaban J connectivity index is 0.00000408. The number of nitrogens with zero attached hydrogens (tertiary/aromatic N) is 2. The highest BCUT2D eigenvalue weighted by molar-refractivity contribution is 5.85. The number of hydrogen-bond donors (Lipinski definition) is 0. The van der Waals surface area contributed by atoms with Crippen LogP contribution in [0.25, 0.3) is 0 Å². The van der Waals surface area contributed by atoms with Gasteiger partial charge in [0.05, 0.1) is 11.5 Å². The Morgan fingerprint density at radius 3 is 2.24 bits per heavy atom. The van der Waals surface area contributed by atoms with Gasteiger partial charge in [-0.25, -0.2) is 0 Å². The molecule has 4 nitrogen and oxygen atoms in total. The molecule has 0 aliphatic carbocycles. The van der Waals surface area contributed by atoms with E-state index in [-0.39, 0.29) is 24.3 Å². The molecule has 0 aromatic heterocycles. The van der Waals surface area contributed by atoms with Crippen molar-refractivity contribution in [2.45, 2.75) is 39.3 Å². The number of hydrogen-bond acceptors (Lipinski definition) is 4. The molecule has 8 heteroatoms. The normalized spacial score (nSPS) is 15.7. The van der Waals surface area contributed by atoms with Crippen LogP contribution in [0.2, 0.25) is 0 Å². The van der Waals surface area contributed by atoms with E-state index in [1.165, 1.54) is 17.7 Å². The second kappa shape index (κ2) is 12.5. The number of carbonyl (C=O) groups excluding carboxylic acids is 1. The Morgan fingerprint density at radius 1 is 1.00 bits per heavy atom. The van der Waals surface area contributed by atoms with Crippen molar-refractivity contribution >= 4 is 24.1 Å². The SMILES string of the molecule is CC(C)Cc1ccc([C@H](C)C(=O)OCCN2CCN(c3cccc(C(F)(F)F)c3)CC2)cc1.Cl.